The van der Waals surface area contributed by atoms with Crippen LogP contribution in [0.3, 0.4) is 0 Å². The van der Waals surface area contributed by atoms with Gasteiger partial charge in [-0.3, -0.25) is 0 Å². The van der Waals surface area contributed by atoms with Crippen LogP contribution in [0.25, 0.3) is 0 Å². The maximum absolute atomic E-state index is 11.8. The van der Waals surface area contributed by atoms with Gasteiger partial charge in [-0.2, -0.15) is 13.2 Å². The molecule has 0 heterocycles. The van der Waals surface area contributed by atoms with Crippen LogP contribution in [0.1, 0.15) is 31.4 Å². The molecule has 2 N–H and O–H groups in total. The Morgan fingerprint density at radius 3 is 2.55 bits per heavy atom. The molecule has 20 heavy (non-hydrogen) atoms. The first-order valence-corrected chi connectivity index (χ1v) is 6.56. The smallest absolute Gasteiger partial charge is 0.411 e. The van der Waals surface area contributed by atoms with Gasteiger partial charge in [0.1, 0.15) is 12.4 Å². The van der Waals surface area contributed by atoms with Crippen LogP contribution in [0.5, 0.6) is 5.75 Å². The molecular weight excluding hydrogens is 271 g/mol. The van der Waals surface area contributed by atoms with Gasteiger partial charge in [-0.15, -0.1) is 0 Å². The Balaban J connectivity index is 2.32. The van der Waals surface area contributed by atoms with Gasteiger partial charge in [-0.05, 0) is 12.5 Å². The van der Waals surface area contributed by atoms with E-state index in [0.29, 0.717) is 18.8 Å². The van der Waals surface area contributed by atoms with Crippen molar-refractivity contribution in [3.05, 3.63) is 29.8 Å². The predicted octanol–water partition coefficient (Wildman–Crippen LogP) is 3.44. The molecule has 1 atom stereocenters. The molecule has 0 aliphatic carbocycles. The zero-order valence-corrected chi connectivity index (χ0v) is 11.5. The molecule has 1 aromatic carbocycles. The molecule has 114 valence electrons. The van der Waals surface area contributed by atoms with Crippen LogP contribution >= 0.6 is 0 Å². The number of ether oxygens (including phenoxy) is 2. The molecular formula is C14H20F3NO2. The van der Waals surface area contributed by atoms with Crippen molar-refractivity contribution < 1.29 is 22.6 Å². The van der Waals surface area contributed by atoms with Gasteiger partial charge in [-0.25, -0.2) is 0 Å². The lowest BCUT2D eigenvalue weighted by Gasteiger charge is -2.15. The molecule has 1 aromatic rings. The van der Waals surface area contributed by atoms with Crippen molar-refractivity contribution in [3.63, 3.8) is 0 Å². The standard InChI is InChI=1S/C14H20F3NO2/c1-2-12(18)11-6-3-4-7-13(11)20-9-5-8-19-10-14(15,16)17/h3-4,6-7,12H,2,5,8-10,18H2,1H3. The maximum atomic E-state index is 11.8. The first-order chi connectivity index (χ1) is 9.44. The summed E-state index contributed by atoms with van der Waals surface area (Å²) in [5, 5.41) is 0. The summed E-state index contributed by atoms with van der Waals surface area (Å²) in [5.74, 6) is 0.678. The van der Waals surface area contributed by atoms with Gasteiger partial charge in [0.2, 0.25) is 0 Å². The number of alkyl halides is 3. The van der Waals surface area contributed by atoms with Crippen molar-refractivity contribution in [1.82, 2.24) is 0 Å². The number of nitrogens with two attached hydrogens (primary N) is 1. The summed E-state index contributed by atoms with van der Waals surface area (Å²) in [4.78, 5) is 0. The maximum Gasteiger partial charge on any atom is 0.411 e. The molecule has 1 unspecified atom stereocenters. The lowest BCUT2D eigenvalue weighted by atomic mass is 10.0. The van der Waals surface area contributed by atoms with E-state index in [4.69, 9.17) is 10.5 Å². The Morgan fingerprint density at radius 1 is 1.20 bits per heavy atom. The van der Waals surface area contributed by atoms with Crippen LogP contribution < -0.4 is 10.5 Å². The summed E-state index contributed by atoms with van der Waals surface area (Å²) < 4.78 is 45.6. The fraction of sp³-hybridized carbons (Fsp3) is 0.571. The molecule has 0 aliphatic rings. The van der Waals surface area contributed by atoms with E-state index in [0.717, 1.165) is 12.0 Å². The van der Waals surface area contributed by atoms with Crippen LogP contribution in [0, 0.1) is 0 Å². The molecule has 0 amide bonds. The molecule has 0 spiro atoms. The van der Waals surface area contributed by atoms with Crippen LogP contribution in [0.15, 0.2) is 24.3 Å². The fourth-order valence-corrected chi connectivity index (χ4v) is 1.67. The highest BCUT2D eigenvalue weighted by Gasteiger charge is 2.27. The number of hydrogen-bond donors (Lipinski definition) is 1. The van der Waals surface area contributed by atoms with Gasteiger partial charge in [0.05, 0.1) is 13.2 Å². The topological polar surface area (TPSA) is 44.5 Å². The van der Waals surface area contributed by atoms with Crippen molar-refractivity contribution in [2.24, 2.45) is 5.73 Å². The van der Waals surface area contributed by atoms with Crippen LogP contribution in [-0.2, 0) is 4.74 Å². The lowest BCUT2D eigenvalue weighted by molar-refractivity contribution is -0.174. The number of rotatable bonds is 8. The zero-order valence-electron chi connectivity index (χ0n) is 11.5. The minimum absolute atomic E-state index is 0.0154. The molecule has 0 saturated heterocycles. The van der Waals surface area contributed by atoms with Crippen molar-refractivity contribution >= 4 is 0 Å². The highest BCUT2D eigenvalue weighted by atomic mass is 19.4. The normalized spacial score (nSPS) is 13.2. The third kappa shape index (κ3) is 6.25. The van der Waals surface area contributed by atoms with Crippen molar-refractivity contribution in [3.8, 4) is 5.75 Å². The van der Waals surface area contributed by atoms with E-state index in [2.05, 4.69) is 4.74 Å². The quantitative estimate of drug-likeness (QED) is 0.746. The van der Waals surface area contributed by atoms with Crippen LogP contribution in [0.4, 0.5) is 13.2 Å². The summed E-state index contributed by atoms with van der Waals surface area (Å²) in [7, 11) is 0. The van der Waals surface area contributed by atoms with Gasteiger partial charge < -0.3 is 15.2 Å². The van der Waals surface area contributed by atoms with Crippen molar-refractivity contribution in [2.45, 2.75) is 32.0 Å². The molecule has 6 heteroatoms. The Kier molecular flexibility index (Phi) is 6.81. The first kappa shape index (κ1) is 16.8. The van der Waals surface area contributed by atoms with E-state index in [1.54, 1.807) is 6.07 Å². The summed E-state index contributed by atoms with van der Waals surface area (Å²) in [6.07, 6.45) is -3.10. The summed E-state index contributed by atoms with van der Waals surface area (Å²) >= 11 is 0. The van der Waals surface area contributed by atoms with Gasteiger partial charge in [0.25, 0.3) is 0 Å². The van der Waals surface area contributed by atoms with Gasteiger partial charge in [0.15, 0.2) is 0 Å². The molecule has 0 aliphatic heterocycles. The third-order valence-corrected chi connectivity index (χ3v) is 2.71. The number of hydrogen-bond acceptors (Lipinski definition) is 3. The Morgan fingerprint density at radius 2 is 1.90 bits per heavy atom. The summed E-state index contributed by atoms with van der Waals surface area (Å²) in [5.41, 5.74) is 6.87. The molecule has 3 nitrogen and oxygen atoms in total. The van der Waals surface area contributed by atoms with E-state index in [1.807, 2.05) is 25.1 Å². The van der Waals surface area contributed by atoms with Crippen molar-refractivity contribution in [2.75, 3.05) is 19.8 Å². The highest BCUT2D eigenvalue weighted by Crippen LogP contribution is 2.25. The first-order valence-electron chi connectivity index (χ1n) is 6.56. The zero-order chi connectivity index (χ0) is 15.0. The van der Waals surface area contributed by atoms with Gasteiger partial charge in [0, 0.05) is 18.0 Å². The number of benzene rings is 1. The van der Waals surface area contributed by atoms with Crippen LogP contribution in [0.2, 0.25) is 0 Å². The van der Waals surface area contributed by atoms with Gasteiger partial charge >= 0.3 is 6.18 Å². The van der Waals surface area contributed by atoms with E-state index in [-0.39, 0.29) is 12.6 Å². The second-order valence-corrected chi connectivity index (χ2v) is 4.42. The second kappa shape index (κ2) is 8.11. The Bertz CT molecular complexity index is 396. The SMILES string of the molecule is CCC(N)c1ccccc1OCCCOCC(F)(F)F. The molecule has 0 fully saturated rings. The Hall–Kier alpha value is -1.27. The largest absolute Gasteiger partial charge is 0.493 e. The minimum atomic E-state index is -4.28. The summed E-state index contributed by atoms with van der Waals surface area (Å²) in [6, 6.07) is 7.31. The monoisotopic (exact) mass is 291 g/mol. The summed E-state index contributed by atoms with van der Waals surface area (Å²) in [6.45, 7) is 1.07. The molecule has 0 bridgehead atoms. The fourth-order valence-electron chi connectivity index (χ4n) is 1.67. The number of para-hydroxylation sites is 1. The molecule has 0 saturated carbocycles. The van der Waals surface area contributed by atoms with Crippen molar-refractivity contribution in [1.29, 1.82) is 0 Å². The van der Waals surface area contributed by atoms with E-state index >= 15 is 0 Å². The van der Waals surface area contributed by atoms with Crippen LogP contribution in [-0.4, -0.2) is 26.0 Å². The van der Waals surface area contributed by atoms with E-state index < -0.39 is 12.8 Å². The minimum Gasteiger partial charge on any atom is -0.493 e. The van der Waals surface area contributed by atoms with E-state index in [1.165, 1.54) is 0 Å². The predicted molar refractivity (Wildman–Crippen MR) is 70.6 cm³/mol. The highest BCUT2D eigenvalue weighted by molar-refractivity contribution is 5.35. The van der Waals surface area contributed by atoms with Gasteiger partial charge in [-0.1, -0.05) is 25.1 Å². The molecule has 0 aromatic heterocycles. The Labute approximate surface area is 116 Å². The average molecular weight is 291 g/mol. The third-order valence-electron chi connectivity index (χ3n) is 2.71. The molecule has 1 rings (SSSR count). The lowest BCUT2D eigenvalue weighted by Crippen LogP contribution is -2.18. The average Bonchev–Trinajstić information content (AvgIpc) is 2.41. The molecule has 0 radical (unpaired) electrons. The number of halogens is 3. The van der Waals surface area contributed by atoms with E-state index in [9.17, 15) is 13.2 Å². The second-order valence-electron chi connectivity index (χ2n) is 4.42.